The lowest BCUT2D eigenvalue weighted by atomic mass is 9.94. The maximum Gasteiger partial charge on any atom is 0.243 e. The number of halogens is 1. The summed E-state index contributed by atoms with van der Waals surface area (Å²) in [6.07, 6.45) is 6.10. The number of hydrogen-bond donors (Lipinski definition) is 1. The van der Waals surface area contributed by atoms with Crippen molar-refractivity contribution in [2.24, 2.45) is 0 Å². The van der Waals surface area contributed by atoms with Crippen LogP contribution in [0.2, 0.25) is 0 Å². The van der Waals surface area contributed by atoms with E-state index >= 15 is 0 Å². The second-order valence-electron chi connectivity index (χ2n) is 10.9. The van der Waals surface area contributed by atoms with Crippen LogP contribution in [0.1, 0.15) is 56.1 Å². The third kappa shape index (κ3) is 8.99. The van der Waals surface area contributed by atoms with Crippen molar-refractivity contribution in [3.8, 4) is 0 Å². The second kappa shape index (κ2) is 15.5. The van der Waals surface area contributed by atoms with Crippen LogP contribution in [0.3, 0.4) is 0 Å². The van der Waals surface area contributed by atoms with Gasteiger partial charge in [0.15, 0.2) is 0 Å². The Balaban J connectivity index is 1.54. The van der Waals surface area contributed by atoms with Crippen molar-refractivity contribution in [3.05, 3.63) is 101 Å². The first kappa shape index (κ1) is 31.9. The van der Waals surface area contributed by atoms with E-state index in [9.17, 15) is 18.0 Å². The lowest BCUT2D eigenvalue weighted by molar-refractivity contribution is -0.141. The number of sulfonamides is 1. The first-order valence-electron chi connectivity index (χ1n) is 14.6. The molecule has 0 bridgehead atoms. The van der Waals surface area contributed by atoms with Crippen molar-refractivity contribution >= 4 is 37.8 Å². The number of nitrogens with one attached hydrogen (secondary N) is 1. The van der Waals surface area contributed by atoms with Gasteiger partial charge in [-0.3, -0.25) is 9.59 Å². The van der Waals surface area contributed by atoms with Gasteiger partial charge in [0, 0.05) is 43.5 Å². The molecule has 42 heavy (non-hydrogen) atoms. The molecule has 1 N–H and O–H groups in total. The Labute approximate surface area is 258 Å². The topological polar surface area (TPSA) is 86.8 Å². The predicted octanol–water partition coefficient (Wildman–Crippen LogP) is 5.94. The smallest absolute Gasteiger partial charge is 0.243 e. The van der Waals surface area contributed by atoms with Crippen molar-refractivity contribution in [1.29, 1.82) is 0 Å². The summed E-state index contributed by atoms with van der Waals surface area (Å²) >= 11 is 3.53. The summed E-state index contributed by atoms with van der Waals surface area (Å²) in [4.78, 5) is 29.7. The van der Waals surface area contributed by atoms with Gasteiger partial charge in [-0.25, -0.2) is 12.7 Å². The van der Waals surface area contributed by atoms with E-state index in [-0.39, 0.29) is 42.3 Å². The zero-order valence-electron chi connectivity index (χ0n) is 24.1. The monoisotopic (exact) mass is 653 g/mol. The lowest BCUT2D eigenvalue weighted by Gasteiger charge is -2.33. The average molecular weight is 655 g/mol. The fourth-order valence-corrected chi connectivity index (χ4v) is 7.10. The molecule has 1 fully saturated rings. The summed E-state index contributed by atoms with van der Waals surface area (Å²) in [7, 11) is -2.13. The van der Waals surface area contributed by atoms with Crippen molar-refractivity contribution in [2.75, 3.05) is 13.6 Å². The van der Waals surface area contributed by atoms with Gasteiger partial charge in [-0.15, -0.1) is 0 Å². The summed E-state index contributed by atoms with van der Waals surface area (Å²) in [5.74, 6) is -0.321. The average Bonchev–Trinajstić information content (AvgIpc) is 3.00. The van der Waals surface area contributed by atoms with Crippen LogP contribution in [0.4, 0.5) is 0 Å². The van der Waals surface area contributed by atoms with Gasteiger partial charge in [-0.1, -0.05) is 95.9 Å². The highest BCUT2D eigenvalue weighted by molar-refractivity contribution is 9.10. The van der Waals surface area contributed by atoms with E-state index in [2.05, 4.69) is 21.2 Å². The Morgan fingerprint density at radius 1 is 0.905 bits per heavy atom. The van der Waals surface area contributed by atoms with Gasteiger partial charge >= 0.3 is 0 Å². The Bertz CT molecular complexity index is 1410. The molecule has 224 valence electrons. The van der Waals surface area contributed by atoms with Gasteiger partial charge in [0.25, 0.3) is 0 Å². The van der Waals surface area contributed by atoms with Crippen LogP contribution in [0.5, 0.6) is 0 Å². The molecule has 2 amide bonds. The maximum atomic E-state index is 13.9. The largest absolute Gasteiger partial charge is 0.352 e. The maximum absolute atomic E-state index is 13.9. The molecule has 3 aromatic rings. The first-order chi connectivity index (χ1) is 20.2. The summed E-state index contributed by atoms with van der Waals surface area (Å²) in [6, 6.07) is 25.2. The summed E-state index contributed by atoms with van der Waals surface area (Å²) in [6.45, 7) is 0.456. The van der Waals surface area contributed by atoms with Crippen LogP contribution in [0.25, 0.3) is 0 Å². The Morgan fingerprint density at radius 2 is 1.55 bits per heavy atom. The molecule has 4 rings (SSSR count). The van der Waals surface area contributed by atoms with Gasteiger partial charge in [0.1, 0.15) is 6.04 Å². The normalized spacial score (nSPS) is 14.8. The lowest BCUT2D eigenvalue weighted by Crippen LogP contribution is -2.52. The third-order valence-electron chi connectivity index (χ3n) is 7.78. The van der Waals surface area contributed by atoms with Crippen LogP contribution < -0.4 is 5.32 Å². The molecular formula is C33H40BrN3O4S. The molecule has 0 aromatic heterocycles. The van der Waals surface area contributed by atoms with E-state index in [1.807, 2.05) is 54.6 Å². The van der Waals surface area contributed by atoms with E-state index in [4.69, 9.17) is 0 Å². The number of benzene rings is 3. The molecule has 0 radical (unpaired) electrons. The highest BCUT2D eigenvalue weighted by Crippen LogP contribution is 2.22. The fraction of sp³-hybridized carbons (Fsp3) is 0.394. The number of amides is 2. The van der Waals surface area contributed by atoms with Crippen LogP contribution in [0, 0.1) is 0 Å². The van der Waals surface area contributed by atoms with E-state index in [1.165, 1.54) is 17.8 Å². The van der Waals surface area contributed by atoms with Crippen LogP contribution >= 0.6 is 15.9 Å². The number of rotatable bonds is 13. The number of carbonyl (C=O) groups is 2. The molecule has 7 nitrogen and oxygen atoms in total. The molecule has 0 aliphatic heterocycles. The Hall–Kier alpha value is -3.01. The quantitative estimate of drug-likeness (QED) is 0.247. The van der Waals surface area contributed by atoms with Gasteiger partial charge in [0.2, 0.25) is 21.8 Å². The summed E-state index contributed by atoms with van der Waals surface area (Å²) < 4.78 is 28.1. The standard InChI is InChI=1S/C33H40BrN3O4S/c1-36(42(40,41)30-19-9-4-10-20-30)22-12-21-32(38)37(25-27-15-11-16-28(34)23-27)31(24-26-13-5-2-6-14-26)33(39)35-29-17-7-3-8-18-29/h2,4-6,9-11,13-16,19-20,23,29,31H,3,7-8,12,17-18,21-22,24-25H2,1H3,(H,35,39). The van der Waals surface area contributed by atoms with Gasteiger partial charge in [-0.05, 0) is 54.7 Å². The molecule has 1 atom stereocenters. The van der Waals surface area contributed by atoms with E-state index in [1.54, 1.807) is 35.2 Å². The summed E-state index contributed by atoms with van der Waals surface area (Å²) in [5, 5.41) is 3.25. The van der Waals surface area contributed by atoms with E-state index < -0.39 is 16.1 Å². The highest BCUT2D eigenvalue weighted by atomic mass is 79.9. The zero-order valence-corrected chi connectivity index (χ0v) is 26.5. The van der Waals surface area contributed by atoms with Crippen molar-refractivity contribution in [2.45, 2.75) is 74.9 Å². The molecule has 1 aliphatic carbocycles. The van der Waals surface area contributed by atoms with Crippen molar-refractivity contribution in [3.63, 3.8) is 0 Å². The summed E-state index contributed by atoms with van der Waals surface area (Å²) in [5.41, 5.74) is 1.88. The molecule has 9 heteroatoms. The SMILES string of the molecule is CN(CCCC(=O)N(Cc1cccc(Br)c1)C(Cc1ccccc1)C(=O)NC1CCCCC1)S(=O)(=O)c1ccccc1. The van der Waals surface area contributed by atoms with E-state index in [0.717, 1.165) is 41.3 Å². The predicted molar refractivity (Wildman–Crippen MR) is 169 cm³/mol. The molecule has 1 unspecified atom stereocenters. The molecule has 1 aliphatic rings. The van der Waals surface area contributed by atoms with Crippen molar-refractivity contribution < 1.29 is 18.0 Å². The van der Waals surface area contributed by atoms with Crippen LogP contribution in [-0.4, -0.2) is 55.1 Å². The minimum absolute atomic E-state index is 0.115. The molecule has 1 saturated carbocycles. The highest BCUT2D eigenvalue weighted by Gasteiger charge is 2.32. The van der Waals surface area contributed by atoms with Crippen molar-refractivity contribution in [1.82, 2.24) is 14.5 Å². The van der Waals surface area contributed by atoms with Crippen LogP contribution in [0.15, 0.2) is 94.3 Å². The zero-order chi connectivity index (χ0) is 30.0. The second-order valence-corrected chi connectivity index (χ2v) is 13.9. The first-order valence-corrected chi connectivity index (χ1v) is 16.9. The number of carbonyl (C=O) groups excluding carboxylic acids is 2. The molecule has 0 saturated heterocycles. The van der Waals surface area contributed by atoms with Gasteiger partial charge in [0.05, 0.1) is 4.90 Å². The minimum Gasteiger partial charge on any atom is -0.352 e. The molecular weight excluding hydrogens is 614 g/mol. The minimum atomic E-state index is -3.66. The van der Waals surface area contributed by atoms with E-state index in [0.29, 0.717) is 12.8 Å². The third-order valence-corrected chi connectivity index (χ3v) is 10.1. The fourth-order valence-electron chi connectivity index (χ4n) is 5.42. The number of nitrogens with zero attached hydrogens (tertiary/aromatic N) is 2. The molecule has 3 aromatic carbocycles. The van der Waals surface area contributed by atoms with Gasteiger partial charge < -0.3 is 10.2 Å². The Kier molecular flexibility index (Phi) is 11.7. The molecule has 0 heterocycles. The van der Waals surface area contributed by atoms with Gasteiger partial charge in [-0.2, -0.15) is 0 Å². The van der Waals surface area contributed by atoms with Crippen LogP contribution in [-0.2, 0) is 32.6 Å². The Morgan fingerprint density at radius 3 is 2.21 bits per heavy atom. The molecule has 0 spiro atoms. The number of hydrogen-bond acceptors (Lipinski definition) is 4.